The molecule has 0 bridgehead atoms. The Hall–Kier alpha value is -1.11. The van der Waals surface area contributed by atoms with E-state index in [0.29, 0.717) is 0 Å². The van der Waals surface area contributed by atoms with E-state index in [9.17, 15) is 18.4 Å². The van der Waals surface area contributed by atoms with Crippen molar-refractivity contribution in [1.82, 2.24) is 4.90 Å². The number of hydrogen-bond donors (Lipinski definition) is 0. The maximum atomic E-state index is 13.5. The number of carbonyl (C=O) groups excluding carboxylic acids is 2. The predicted molar refractivity (Wildman–Crippen MR) is 65.5 cm³/mol. The number of hydrogen-bond acceptors (Lipinski definition) is 4. The SMILES string of the molecule is CC(C)(C)OC(=O)N1[C@H]2[C@@H](C[C@H]1C(=O)OCCl)C2(F)F. The van der Waals surface area contributed by atoms with Crippen molar-refractivity contribution >= 4 is 23.7 Å². The van der Waals surface area contributed by atoms with Crippen molar-refractivity contribution in [1.29, 1.82) is 0 Å². The zero-order chi connectivity index (χ0) is 15.3. The van der Waals surface area contributed by atoms with Gasteiger partial charge in [-0.2, -0.15) is 0 Å². The van der Waals surface area contributed by atoms with E-state index in [1.807, 2.05) is 0 Å². The van der Waals surface area contributed by atoms with Crippen LogP contribution in [0, 0.1) is 5.92 Å². The van der Waals surface area contributed by atoms with Crippen LogP contribution in [0.25, 0.3) is 0 Å². The molecule has 8 heteroatoms. The fourth-order valence-electron chi connectivity index (χ4n) is 2.50. The van der Waals surface area contributed by atoms with Gasteiger partial charge < -0.3 is 9.47 Å². The first-order chi connectivity index (χ1) is 9.09. The number of carbonyl (C=O) groups is 2. The molecule has 1 saturated carbocycles. The number of piperidine rings is 1. The molecule has 0 aromatic rings. The van der Waals surface area contributed by atoms with Crippen LogP contribution in [0.15, 0.2) is 0 Å². The number of nitrogens with zero attached hydrogens (tertiary/aromatic N) is 1. The summed E-state index contributed by atoms with van der Waals surface area (Å²) < 4.78 is 36.6. The average molecular weight is 312 g/mol. The molecule has 2 aliphatic rings. The number of ether oxygens (including phenoxy) is 2. The van der Waals surface area contributed by atoms with Crippen LogP contribution < -0.4 is 0 Å². The first-order valence-electron chi connectivity index (χ1n) is 6.21. The lowest BCUT2D eigenvalue weighted by molar-refractivity contribution is -0.148. The van der Waals surface area contributed by atoms with E-state index in [0.717, 1.165) is 4.90 Å². The van der Waals surface area contributed by atoms with E-state index >= 15 is 0 Å². The minimum absolute atomic E-state index is 0.132. The normalized spacial score (nSPS) is 30.7. The van der Waals surface area contributed by atoms with Gasteiger partial charge in [0, 0.05) is 0 Å². The van der Waals surface area contributed by atoms with Crippen LogP contribution in [0.2, 0.25) is 0 Å². The van der Waals surface area contributed by atoms with Gasteiger partial charge in [-0.05, 0) is 27.2 Å². The second-order valence-electron chi connectivity index (χ2n) is 5.94. The molecule has 0 aromatic carbocycles. The second-order valence-corrected chi connectivity index (χ2v) is 6.16. The Kier molecular flexibility index (Phi) is 3.60. The highest BCUT2D eigenvalue weighted by molar-refractivity contribution is 6.17. The summed E-state index contributed by atoms with van der Waals surface area (Å²) in [5.74, 6) is -4.76. The van der Waals surface area contributed by atoms with Crippen molar-refractivity contribution in [2.24, 2.45) is 5.92 Å². The maximum Gasteiger partial charge on any atom is 0.411 e. The Morgan fingerprint density at radius 3 is 2.50 bits per heavy atom. The molecule has 5 nitrogen and oxygen atoms in total. The van der Waals surface area contributed by atoms with Crippen LogP contribution in [0.5, 0.6) is 0 Å². The Bertz CT molecular complexity index is 438. The standard InChI is InChI=1S/C12H16ClF2NO4/c1-11(2,3)20-10(18)16-7(9(17)19-5-13)4-6-8(16)12(6,14)15/h6-8H,4-5H2,1-3H3/t6-,7+,8+/m1/s1. The molecule has 114 valence electrons. The van der Waals surface area contributed by atoms with E-state index in [4.69, 9.17) is 16.3 Å². The number of rotatable bonds is 2. The van der Waals surface area contributed by atoms with Crippen molar-refractivity contribution in [2.45, 2.75) is 50.8 Å². The van der Waals surface area contributed by atoms with Crippen LogP contribution in [0.1, 0.15) is 27.2 Å². The minimum Gasteiger partial charge on any atom is -0.448 e. The van der Waals surface area contributed by atoms with E-state index in [1.165, 1.54) is 0 Å². The molecule has 0 aromatic heterocycles. The molecule has 2 fully saturated rings. The topological polar surface area (TPSA) is 55.8 Å². The van der Waals surface area contributed by atoms with Gasteiger partial charge in [-0.1, -0.05) is 11.6 Å². The number of esters is 1. The third kappa shape index (κ3) is 2.55. The third-order valence-corrected chi connectivity index (χ3v) is 3.46. The first kappa shape index (κ1) is 15.3. The molecule has 3 atom stereocenters. The zero-order valence-electron chi connectivity index (χ0n) is 11.4. The summed E-state index contributed by atoms with van der Waals surface area (Å²) in [5.41, 5.74) is -0.833. The maximum absolute atomic E-state index is 13.5. The van der Waals surface area contributed by atoms with Crippen LogP contribution >= 0.6 is 11.6 Å². The third-order valence-electron chi connectivity index (χ3n) is 3.35. The van der Waals surface area contributed by atoms with E-state index in [-0.39, 0.29) is 12.5 Å². The van der Waals surface area contributed by atoms with E-state index < -0.39 is 41.6 Å². The fourth-order valence-corrected chi connectivity index (χ4v) is 2.61. The molecule has 1 aliphatic heterocycles. The van der Waals surface area contributed by atoms with Crippen molar-refractivity contribution in [3.05, 3.63) is 0 Å². The lowest BCUT2D eigenvalue weighted by atomic mass is 10.1. The monoisotopic (exact) mass is 311 g/mol. The van der Waals surface area contributed by atoms with Crippen LogP contribution in [-0.4, -0.2) is 46.6 Å². The van der Waals surface area contributed by atoms with E-state index in [1.54, 1.807) is 20.8 Å². The Morgan fingerprint density at radius 2 is 2.00 bits per heavy atom. The molecule has 1 saturated heterocycles. The lowest BCUT2D eigenvalue weighted by Gasteiger charge is -2.30. The second kappa shape index (κ2) is 4.72. The predicted octanol–water partition coefficient (Wildman–Crippen LogP) is 2.37. The first-order valence-corrected chi connectivity index (χ1v) is 6.74. The van der Waals surface area contributed by atoms with Crippen molar-refractivity contribution in [3.63, 3.8) is 0 Å². The number of fused-ring (bicyclic) bond motifs is 1. The molecule has 0 radical (unpaired) electrons. The molecule has 0 N–H and O–H groups in total. The van der Waals surface area contributed by atoms with Gasteiger partial charge in [0.25, 0.3) is 5.92 Å². The zero-order valence-corrected chi connectivity index (χ0v) is 12.1. The van der Waals surface area contributed by atoms with Crippen LogP contribution in [0.4, 0.5) is 13.6 Å². The molecule has 1 heterocycles. The summed E-state index contributed by atoms with van der Waals surface area (Å²) in [7, 11) is 0. The quantitative estimate of drug-likeness (QED) is 0.580. The van der Waals surface area contributed by atoms with Gasteiger partial charge in [0.15, 0.2) is 6.07 Å². The van der Waals surface area contributed by atoms with Crippen molar-refractivity contribution < 1.29 is 27.8 Å². The summed E-state index contributed by atoms with van der Waals surface area (Å²) in [5, 5.41) is 0. The van der Waals surface area contributed by atoms with Gasteiger partial charge >= 0.3 is 12.1 Å². The number of alkyl halides is 3. The molecule has 0 spiro atoms. The largest absolute Gasteiger partial charge is 0.448 e. The fraction of sp³-hybridized carbons (Fsp3) is 0.833. The Labute approximate surface area is 120 Å². The van der Waals surface area contributed by atoms with Gasteiger partial charge in [0.05, 0.1) is 5.92 Å². The van der Waals surface area contributed by atoms with Crippen LogP contribution in [0.3, 0.4) is 0 Å². The molecular formula is C12H16ClF2NO4. The summed E-state index contributed by atoms with van der Waals surface area (Å²) >= 11 is 5.29. The van der Waals surface area contributed by atoms with Gasteiger partial charge in [-0.25, -0.2) is 18.4 Å². The Balaban J connectivity index is 2.15. The van der Waals surface area contributed by atoms with E-state index in [2.05, 4.69) is 4.74 Å². The van der Waals surface area contributed by atoms with Crippen LogP contribution in [-0.2, 0) is 14.3 Å². The minimum atomic E-state index is -2.96. The molecule has 20 heavy (non-hydrogen) atoms. The highest BCUT2D eigenvalue weighted by atomic mass is 35.5. The molecule has 0 unspecified atom stereocenters. The molecule has 2 rings (SSSR count). The van der Waals surface area contributed by atoms with Gasteiger partial charge in [0.2, 0.25) is 0 Å². The summed E-state index contributed by atoms with van der Waals surface area (Å²) in [6.07, 6.45) is -1.06. The van der Waals surface area contributed by atoms with Gasteiger partial charge in [-0.3, -0.25) is 4.90 Å². The number of likely N-dealkylation sites (tertiary alicyclic amines) is 1. The highest BCUT2D eigenvalue weighted by Gasteiger charge is 2.78. The molecular weight excluding hydrogens is 296 g/mol. The summed E-state index contributed by atoms with van der Waals surface area (Å²) in [6, 6.07) is -2.73. The average Bonchev–Trinajstić information content (AvgIpc) is 2.70. The van der Waals surface area contributed by atoms with Crippen molar-refractivity contribution in [2.75, 3.05) is 6.07 Å². The number of halogens is 3. The molecule has 1 amide bonds. The number of amides is 1. The smallest absolute Gasteiger partial charge is 0.411 e. The Morgan fingerprint density at radius 1 is 1.40 bits per heavy atom. The summed E-state index contributed by atoms with van der Waals surface area (Å²) in [4.78, 5) is 24.5. The lowest BCUT2D eigenvalue weighted by Crippen LogP contribution is -2.48. The van der Waals surface area contributed by atoms with Gasteiger partial charge in [-0.15, -0.1) is 0 Å². The van der Waals surface area contributed by atoms with Crippen molar-refractivity contribution in [3.8, 4) is 0 Å². The summed E-state index contributed by atoms with van der Waals surface area (Å²) in [6.45, 7) is 4.86. The highest BCUT2D eigenvalue weighted by Crippen LogP contribution is 2.60. The van der Waals surface area contributed by atoms with Gasteiger partial charge in [0.1, 0.15) is 17.7 Å². The molecule has 1 aliphatic carbocycles.